The molecule has 2 fully saturated rings. The number of halogens is 1. The molecule has 1 aromatic heterocycles. The number of hydrogen-bond donors (Lipinski definition) is 2. The quantitative estimate of drug-likeness (QED) is 0.265. The molecule has 0 atom stereocenters. The first-order valence-corrected chi connectivity index (χ1v) is 14.0. The highest BCUT2D eigenvalue weighted by atomic mass is 19.1. The molecule has 0 unspecified atom stereocenters. The SMILES string of the molecule is Cc1ccc(NC(=O)C2(C(=O)Nc3ccc(Oc4ccnc5cc(OC6COC6)c6c(c45)OCCO6)c(F)c3)CC2)cc1. The van der Waals surface area contributed by atoms with E-state index in [4.69, 9.17) is 23.7 Å². The van der Waals surface area contributed by atoms with Crippen molar-refractivity contribution in [1.29, 1.82) is 0 Å². The van der Waals surface area contributed by atoms with Crippen LogP contribution in [0.25, 0.3) is 10.9 Å². The van der Waals surface area contributed by atoms with Crippen LogP contribution in [0.1, 0.15) is 18.4 Å². The van der Waals surface area contributed by atoms with Crippen LogP contribution in [0.3, 0.4) is 0 Å². The molecule has 3 aliphatic rings. The van der Waals surface area contributed by atoms with Crippen molar-refractivity contribution in [2.45, 2.75) is 25.9 Å². The third-order valence-corrected chi connectivity index (χ3v) is 7.68. The molecule has 2 aliphatic heterocycles. The van der Waals surface area contributed by atoms with Gasteiger partial charge in [-0.2, -0.15) is 0 Å². The smallest absolute Gasteiger partial charge is 0.240 e. The minimum atomic E-state index is -1.19. The summed E-state index contributed by atoms with van der Waals surface area (Å²) < 4.78 is 44.4. The Morgan fingerprint density at radius 3 is 2.26 bits per heavy atom. The number of carbonyl (C=O) groups excluding carboxylic acids is 2. The Hall–Kier alpha value is -4.90. The van der Waals surface area contributed by atoms with Gasteiger partial charge in [0, 0.05) is 29.7 Å². The summed E-state index contributed by atoms with van der Waals surface area (Å²) in [7, 11) is 0. The van der Waals surface area contributed by atoms with Crippen LogP contribution in [0.15, 0.2) is 60.8 Å². The Morgan fingerprint density at radius 2 is 1.58 bits per heavy atom. The van der Waals surface area contributed by atoms with Crippen LogP contribution in [-0.2, 0) is 14.3 Å². The number of rotatable bonds is 8. The highest BCUT2D eigenvalue weighted by Gasteiger charge is 2.56. The van der Waals surface area contributed by atoms with Crippen molar-refractivity contribution in [3.63, 3.8) is 0 Å². The number of amides is 2. The molecule has 3 aromatic carbocycles. The Bertz CT molecular complexity index is 1740. The molecule has 3 heterocycles. The molecule has 43 heavy (non-hydrogen) atoms. The van der Waals surface area contributed by atoms with Gasteiger partial charge in [0.2, 0.25) is 17.6 Å². The second-order valence-electron chi connectivity index (χ2n) is 10.8. The van der Waals surface area contributed by atoms with Crippen LogP contribution in [0, 0.1) is 18.2 Å². The van der Waals surface area contributed by atoms with Gasteiger partial charge in [0.05, 0.1) is 24.1 Å². The zero-order chi connectivity index (χ0) is 29.6. The lowest BCUT2D eigenvalue weighted by Gasteiger charge is -2.29. The van der Waals surface area contributed by atoms with Crippen molar-refractivity contribution in [2.24, 2.45) is 5.41 Å². The molecule has 1 saturated carbocycles. The predicted octanol–water partition coefficient (Wildman–Crippen LogP) is 5.38. The number of pyridine rings is 1. The molecule has 1 saturated heterocycles. The van der Waals surface area contributed by atoms with Crippen LogP contribution < -0.4 is 29.6 Å². The predicted molar refractivity (Wildman–Crippen MR) is 155 cm³/mol. The van der Waals surface area contributed by atoms with E-state index < -0.39 is 17.1 Å². The molecule has 0 spiro atoms. The summed E-state index contributed by atoms with van der Waals surface area (Å²) in [5, 5.41) is 6.01. The van der Waals surface area contributed by atoms with Gasteiger partial charge >= 0.3 is 0 Å². The van der Waals surface area contributed by atoms with E-state index in [1.54, 1.807) is 30.5 Å². The lowest BCUT2D eigenvalue weighted by Crippen LogP contribution is -2.38. The van der Waals surface area contributed by atoms with E-state index in [9.17, 15) is 9.59 Å². The van der Waals surface area contributed by atoms with Gasteiger partial charge in [0.25, 0.3) is 0 Å². The topological polar surface area (TPSA) is 117 Å². The maximum Gasteiger partial charge on any atom is 0.240 e. The van der Waals surface area contributed by atoms with E-state index in [1.165, 1.54) is 12.1 Å². The van der Waals surface area contributed by atoms with E-state index in [0.717, 1.165) is 11.6 Å². The van der Waals surface area contributed by atoms with Crippen LogP contribution >= 0.6 is 0 Å². The zero-order valence-corrected chi connectivity index (χ0v) is 23.3. The number of ether oxygens (including phenoxy) is 5. The summed E-state index contributed by atoms with van der Waals surface area (Å²) in [6.45, 7) is 3.59. The first-order valence-electron chi connectivity index (χ1n) is 14.0. The highest BCUT2D eigenvalue weighted by molar-refractivity contribution is 6.16. The van der Waals surface area contributed by atoms with Crippen molar-refractivity contribution >= 4 is 34.1 Å². The lowest BCUT2D eigenvalue weighted by molar-refractivity contribution is -0.131. The number of anilines is 2. The average molecular weight is 586 g/mol. The fourth-order valence-electron chi connectivity index (χ4n) is 5.01. The number of benzene rings is 3. The molecule has 220 valence electrons. The number of nitrogens with zero attached hydrogens (tertiary/aromatic N) is 1. The van der Waals surface area contributed by atoms with Crippen molar-refractivity contribution in [2.75, 3.05) is 37.1 Å². The Morgan fingerprint density at radius 1 is 0.884 bits per heavy atom. The summed E-state index contributed by atoms with van der Waals surface area (Å²) in [5.74, 6) is 0.00272. The minimum absolute atomic E-state index is 0.0684. The number of aromatic nitrogens is 1. The minimum Gasteiger partial charge on any atom is -0.485 e. The maximum absolute atomic E-state index is 15.3. The van der Waals surface area contributed by atoms with Gasteiger partial charge in [-0.1, -0.05) is 17.7 Å². The molecule has 10 nitrogen and oxygen atoms in total. The molecule has 11 heteroatoms. The number of hydrogen-bond acceptors (Lipinski definition) is 8. The summed E-state index contributed by atoms with van der Waals surface area (Å²) in [6, 6.07) is 14.8. The van der Waals surface area contributed by atoms with Gasteiger partial charge in [0.1, 0.15) is 30.5 Å². The van der Waals surface area contributed by atoms with Crippen LogP contribution in [0.4, 0.5) is 15.8 Å². The largest absolute Gasteiger partial charge is 0.485 e. The first-order chi connectivity index (χ1) is 20.9. The molecule has 2 N–H and O–H groups in total. The Balaban J connectivity index is 1.09. The zero-order valence-electron chi connectivity index (χ0n) is 23.3. The number of nitrogens with one attached hydrogen (secondary N) is 2. The number of aryl methyl sites for hydroxylation is 1. The van der Waals surface area contributed by atoms with E-state index in [0.29, 0.717) is 78.9 Å². The van der Waals surface area contributed by atoms with Crippen LogP contribution in [0.2, 0.25) is 0 Å². The third-order valence-electron chi connectivity index (χ3n) is 7.68. The maximum atomic E-state index is 15.3. The van der Waals surface area contributed by atoms with Gasteiger partial charge in [-0.25, -0.2) is 4.39 Å². The summed E-state index contributed by atoms with van der Waals surface area (Å²) in [4.78, 5) is 30.5. The van der Waals surface area contributed by atoms with Gasteiger partial charge in [0.15, 0.2) is 23.1 Å². The van der Waals surface area contributed by atoms with Crippen molar-refractivity contribution in [3.8, 4) is 28.7 Å². The lowest BCUT2D eigenvalue weighted by atomic mass is 10.0. The molecular weight excluding hydrogens is 557 g/mol. The van der Waals surface area contributed by atoms with Gasteiger partial charge in [-0.15, -0.1) is 0 Å². The second-order valence-corrected chi connectivity index (χ2v) is 10.8. The van der Waals surface area contributed by atoms with E-state index >= 15 is 4.39 Å². The molecule has 1 aliphatic carbocycles. The molecular formula is C32H28FN3O7. The highest BCUT2D eigenvalue weighted by Crippen LogP contribution is 2.50. The summed E-state index contributed by atoms with van der Waals surface area (Å²) in [5.41, 5.74) is 1.21. The monoisotopic (exact) mass is 585 g/mol. The van der Waals surface area contributed by atoms with E-state index in [1.807, 2.05) is 19.1 Å². The average Bonchev–Trinajstić information content (AvgIpc) is 3.80. The molecule has 0 radical (unpaired) electrons. The van der Waals surface area contributed by atoms with Crippen LogP contribution in [0.5, 0.6) is 28.7 Å². The van der Waals surface area contributed by atoms with Crippen molar-refractivity contribution in [1.82, 2.24) is 4.98 Å². The molecule has 2 amide bonds. The number of fused-ring (bicyclic) bond motifs is 3. The normalized spacial score (nSPS) is 16.6. The molecule has 7 rings (SSSR count). The summed E-state index contributed by atoms with van der Waals surface area (Å²) in [6.07, 6.45) is 2.28. The second kappa shape index (κ2) is 10.7. The van der Waals surface area contributed by atoms with E-state index in [2.05, 4.69) is 15.6 Å². The third kappa shape index (κ3) is 5.16. The summed E-state index contributed by atoms with van der Waals surface area (Å²) >= 11 is 0. The van der Waals surface area contributed by atoms with Crippen molar-refractivity contribution < 1.29 is 37.7 Å². The number of carbonyl (C=O) groups is 2. The standard InChI is InChI=1S/C32H28FN3O7/c1-18-2-4-19(5-3-18)35-30(37)32(9-10-32)31(38)36-20-6-7-24(22(33)14-20)43-25-8-11-34-23-15-26(42-21-16-39-17-21)28-29(27(23)25)41-13-12-40-28/h2-8,11,14-15,21H,9-10,12-13,16-17H2,1H3,(H,35,37)(H,36,38). The molecule has 0 bridgehead atoms. The fraction of sp³-hybridized carbons (Fsp3) is 0.281. The Kier molecular flexibility index (Phi) is 6.73. The van der Waals surface area contributed by atoms with Gasteiger partial charge < -0.3 is 34.3 Å². The van der Waals surface area contributed by atoms with E-state index in [-0.39, 0.29) is 23.4 Å². The Labute approximate surface area is 246 Å². The first kappa shape index (κ1) is 27.0. The van der Waals surface area contributed by atoms with Gasteiger partial charge in [-0.3, -0.25) is 14.6 Å². The van der Waals surface area contributed by atoms with Crippen LogP contribution in [-0.4, -0.2) is 49.3 Å². The van der Waals surface area contributed by atoms with Crippen molar-refractivity contribution in [3.05, 3.63) is 72.2 Å². The fourth-order valence-corrected chi connectivity index (χ4v) is 5.01. The molecule has 4 aromatic rings. The van der Waals surface area contributed by atoms with Gasteiger partial charge in [-0.05, 0) is 50.1 Å².